The fraction of sp³-hybridized carbons (Fsp3) is 0.435. The zero-order chi connectivity index (χ0) is 23.9. The summed E-state index contributed by atoms with van der Waals surface area (Å²) in [6.45, 7) is 6.19. The van der Waals surface area contributed by atoms with E-state index in [4.69, 9.17) is 14.2 Å². The second-order valence-corrected chi connectivity index (χ2v) is 9.47. The Morgan fingerprint density at radius 2 is 1.66 bits per heavy atom. The zero-order valence-corrected chi connectivity index (χ0v) is 20.2. The van der Waals surface area contributed by atoms with Gasteiger partial charge in [-0.2, -0.15) is 0 Å². The first kappa shape index (κ1) is 25.3. The van der Waals surface area contributed by atoms with Crippen LogP contribution in [-0.2, 0) is 14.8 Å². The lowest BCUT2D eigenvalue weighted by Crippen LogP contribution is -2.48. The summed E-state index contributed by atoms with van der Waals surface area (Å²) in [4.78, 5) is 12.7. The van der Waals surface area contributed by atoms with Crippen LogP contribution in [0.3, 0.4) is 0 Å². The van der Waals surface area contributed by atoms with Crippen LogP contribution in [0, 0.1) is 0 Å². The molecule has 1 atom stereocenters. The van der Waals surface area contributed by atoms with Gasteiger partial charge in [-0.1, -0.05) is 32.0 Å². The maximum atomic E-state index is 12.7. The molecule has 0 saturated carbocycles. The summed E-state index contributed by atoms with van der Waals surface area (Å²) in [6.07, 6.45) is 1.06. The van der Waals surface area contributed by atoms with Crippen LogP contribution in [0.2, 0.25) is 0 Å². The maximum Gasteiger partial charge on any atom is 0.243 e. The highest BCUT2D eigenvalue weighted by Crippen LogP contribution is 2.33. The van der Waals surface area contributed by atoms with E-state index < -0.39 is 22.0 Å². The molecule has 0 unspecified atom stereocenters. The van der Waals surface area contributed by atoms with Crippen LogP contribution >= 0.6 is 0 Å². The van der Waals surface area contributed by atoms with Gasteiger partial charge in [0.2, 0.25) is 15.9 Å². The van der Waals surface area contributed by atoms with Crippen molar-refractivity contribution in [2.75, 3.05) is 37.9 Å². The van der Waals surface area contributed by atoms with Gasteiger partial charge >= 0.3 is 0 Å². The van der Waals surface area contributed by atoms with E-state index in [2.05, 4.69) is 19.2 Å². The van der Waals surface area contributed by atoms with Crippen molar-refractivity contribution in [3.8, 4) is 17.2 Å². The fourth-order valence-electron chi connectivity index (χ4n) is 3.34. The Balaban J connectivity index is 2.08. The number of sulfonamides is 1. The van der Waals surface area contributed by atoms with Gasteiger partial charge in [-0.05, 0) is 36.6 Å². The molecule has 8 nitrogen and oxygen atoms in total. The quantitative estimate of drug-likeness (QED) is 0.514. The lowest BCUT2D eigenvalue weighted by atomic mass is 10.0. The predicted octanol–water partition coefficient (Wildman–Crippen LogP) is 3.18. The molecule has 32 heavy (non-hydrogen) atoms. The number of amides is 1. The minimum atomic E-state index is -3.75. The summed E-state index contributed by atoms with van der Waals surface area (Å²) in [5, 5.41) is 2.75. The molecule has 0 saturated heterocycles. The second-order valence-electron chi connectivity index (χ2n) is 7.61. The number of anilines is 1. The van der Waals surface area contributed by atoms with Crippen molar-refractivity contribution in [1.29, 1.82) is 0 Å². The highest BCUT2D eigenvalue weighted by Gasteiger charge is 2.29. The molecule has 0 aliphatic rings. The number of carbonyl (C=O) groups is 1. The van der Waals surface area contributed by atoms with E-state index in [-0.39, 0.29) is 13.2 Å². The third-order valence-electron chi connectivity index (χ3n) is 4.91. The molecule has 1 N–H and O–H groups in total. The minimum absolute atomic E-state index is 0.235. The van der Waals surface area contributed by atoms with E-state index >= 15 is 0 Å². The molecule has 0 radical (unpaired) electrons. The Hall–Kier alpha value is -2.94. The van der Waals surface area contributed by atoms with Crippen molar-refractivity contribution >= 4 is 21.6 Å². The van der Waals surface area contributed by atoms with Crippen LogP contribution in [0.4, 0.5) is 5.69 Å². The molecule has 2 aromatic rings. The molecule has 0 fully saturated rings. The van der Waals surface area contributed by atoms with E-state index in [1.807, 2.05) is 24.3 Å². The number of carbonyl (C=O) groups excluding carboxylic acids is 1. The topological polar surface area (TPSA) is 94.2 Å². The largest absolute Gasteiger partial charge is 0.493 e. The smallest absolute Gasteiger partial charge is 0.243 e. The summed E-state index contributed by atoms with van der Waals surface area (Å²) in [6, 6.07) is 11.5. The first-order chi connectivity index (χ1) is 15.1. The standard InChI is InChI=1S/C23H32N2O6S/c1-16(2)19-9-7-8-10-20(19)31-14-13-24-23(26)17(3)25(32(6,27)28)18-11-12-21(29-4)22(15-18)30-5/h7-12,15-17H,13-14H2,1-6H3,(H,24,26)/t17-/m1/s1. The molecule has 9 heteroatoms. The van der Waals surface area contributed by atoms with Crippen molar-refractivity contribution in [2.45, 2.75) is 32.7 Å². The lowest BCUT2D eigenvalue weighted by molar-refractivity contribution is -0.121. The number of hydrogen-bond acceptors (Lipinski definition) is 6. The minimum Gasteiger partial charge on any atom is -0.493 e. The third kappa shape index (κ3) is 6.29. The summed E-state index contributed by atoms with van der Waals surface area (Å²) in [7, 11) is -0.803. The number of benzene rings is 2. The number of nitrogens with zero attached hydrogens (tertiary/aromatic N) is 1. The van der Waals surface area contributed by atoms with Crippen LogP contribution in [0.15, 0.2) is 42.5 Å². The normalized spacial score (nSPS) is 12.2. The Kier molecular flexibility index (Phi) is 8.77. The van der Waals surface area contributed by atoms with Crippen molar-refractivity contribution in [3.05, 3.63) is 48.0 Å². The lowest BCUT2D eigenvalue weighted by Gasteiger charge is -2.28. The first-order valence-corrected chi connectivity index (χ1v) is 12.2. The first-order valence-electron chi connectivity index (χ1n) is 10.3. The van der Waals surface area contributed by atoms with E-state index in [0.717, 1.165) is 21.9 Å². The van der Waals surface area contributed by atoms with Gasteiger partial charge < -0.3 is 19.5 Å². The fourth-order valence-corrected chi connectivity index (χ4v) is 4.51. The van der Waals surface area contributed by atoms with Crippen LogP contribution in [0.1, 0.15) is 32.3 Å². The van der Waals surface area contributed by atoms with E-state index in [9.17, 15) is 13.2 Å². The Morgan fingerprint density at radius 3 is 2.25 bits per heavy atom. The molecule has 0 aliphatic carbocycles. The van der Waals surface area contributed by atoms with Crippen LogP contribution in [0.25, 0.3) is 0 Å². The molecular weight excluding hydrogens is 432 g/mol. The van der Waals surface area contributed by atoms with Gasteiger partial charge in [-0.15, -0.1) is 0 Å². The molecular formula is C23H32N2O6S. The number of rotatable bonds is 11. The molecule has 2 rings (SSSR count). The van der Waals surface area contributed by atoms with Gasteiger partial charge in [0.05, 0.1) is 32.7 Å². The average molecular weight is 465 g/mol. The number of hydrogen-bond donors (Lipinski definition) is 1. The highest BCUT2D eigenvalue weighted by molar-refractivity contribution is 7.92. The molecule has 0 bridgehead atoms. The highest BCUT2D eigenvalue weighted by atomic mass is 32.2. The summed E-state index contributed by atoms with van der Waals surface area (Å²) in [5.74, 6) is 1.47. The van der Waals surface area contributed by atoms with Gasteiger partial charge in [0.25, 0.3) is 0 Å². The zero-order valence-electron chi connectivity index (χ0n) is 19.4. The summed E-state index contributed by atoms with van der Waals surface area (Å²) in [5.41, 5.74) is 1.39. The van der Waals surface area contributed by atoms with Crippen molar-refractivity contribution in [2.24, 2.45) is 0 Å². The number of methoxy groups -OCH3 is 2. The molecule has 2 aromatic carbocycles. The third-order valence-corrected chi connectivity index (χ3v) is 6.15. The molecule has 0 spiro atoms. The Bertz CT molecular complexity index is 1020. The predicted molar refractivity (Wildman–Crippen MR) is 125 cm³/mol. The SMILES string of the molecule is COc1ccc(N([C@H](C)C(=O)NCCOc2ccccc2C(C)C)S(C)(=O)=O)cc1OC. The maximum absolute atomic E-state index is 12.7. The molecule has 0 aromatic heterocycles. The van der Waals surface area contributed by atoms with Gasteiger partial charge in [-0.25, -0.2) is 8.42 Å². The van der Waals surface area contributed by atoms with Crippen molar-refractivity contribution in [1.82, 2.24) is 5.32 Å². The second kappa shape index (κ2) is 11.1. The van der Waals surface area contributed by atoms with E-state index in [1.54, 1.807) is 12.1 Å². The summed E-state index contributed by atoms with van der Waals surface area (Å²) >= 11 is 0. The molecule has 1 amide bonds. The van der Waals surface area contributed by atoms with E-state index in [0.29, 0.717) is 23.1 Å². The van der Waals surface area contributed by atoms with Gasteiger partial charge in [0.1, 0.15) is 18.4 Å². The van der Waals surface area contributed by atoms with Crippen molar-refractivity contribution in [3.63, 3.8) is 0 Å². The number of ether oxygens (including phenoxy) is 3. The monoisotopic (exact) mass is 464 g/mol. The van der Waals surface area contributed by atoms with Crippen LogP contribution in [0.5, 0.6) is 17.2 Å². The van der Waals surface area contributed by atoms with Gasteiger partial charge in [0.15, 0.2) is 11.5 Å². The van der Waals surface area contributed by atoms with Crippen LogP contribution in [-0.4, -0.2) is 54.0 Å². The van der Waals surface area contributed by atoms with Crippen LogP contribution < -0.4 is 23.8 Å². The molecule has 176 valence electrons. The van der Waals surface area contributed by atoms with E-state index in [1.165, 1.54) is 27.2 Å². The number of para-hydroxylation sites is 1. The molecule has 0 heterocycles. The van der Waals surface area contributed by atoms with Crippen molar-refractivity contribution < 1.29 is 27.4 Å². The Labute approximate surface area is 190 Å². The van der Waals surface area contributed by atoms with Gasteiger partial charge in [0, 0.05) is 6.07 Å². The van der Waals surface area contributed by atoms with Gasteiger partial charge in [-0.3, -0.25) is 9.10 Å². The number of nitrogens with one attached hydrogen (secondary N) is 1. The summed E-state index contributed by atoms with van der Waals surface area (Å²) < 4.78 is 42.3. The average Bonchev–Trinajstić information content (AvgIpc) is 2.75. The molecule has 0 aliphatic heterocycles. The Morgan fingerprint density at radius 1 is 1.00 bits per heavy atom.